The Morgan fingerprint density at radius 3 is 2.52 bits per heavy atom. The van der Waals surface area contributed by atoms with Gasteiger partial charge >= 0.3 is 0 Å². The Morgan fingerprint density at radius 1 is 1.22 bits per heavy atom. The predicted molar refractivity (Wildman–Crippen MR) is 89.6 cm³/mol. The minimum atomic E-state index is -3.61. The summed E-state index contributed by atoms with van der Waals surface area (Å²) in [7, 11) is -2.19. The molecule has 1 saturated heterocycles. The van der Waals surface area contributed by atoms with Crippen LogP contribution in [0.2, 0.25) is 0 Å². The molecular weight excluding hydrogens is 314 g/mol. The number of amides is 1. The van der Waals surface area contributed by atoms with E-state index in [-0.39, 0.29) is 17.3 Å². The van der Waals surface area contributed by atoms with Crippen LogP contribution in [-0.2, 0) is 14.8 Å². The maximum Gasteiger partial charge on any atom is 0.243 e. The molecule has 7 heteroatoms. The first-order chi connectivity index (χ1) is 11.0. The van der Waals surface area contributed by atoms with Gasteiger partial charge < -0.3 is 10.2 Å². The summed E-state index contributed by atoms with van der Waals surface area (Å²) in [5.41, 5.74) is 0. The fourth-order valence-corrected chi connectivity index (χ4v) is 3.80. The molecular formula is C16H25N3O3S. The van der Waals surface area contributed by atoms with Crippen molar-refractivity contribution in [2.45, 2.75) is 24.2 Å². The molecule has 0 spiro atoms. The van der Waals surface area contributed by atoms with Crippen molar-refractivity contribution >= 4 is 15.9 Å². The lowest BCUT2D eigenvalue weighted by atomic mass is 10.4. The van der Waals surface area contributed by atoms with Crippen molar-refractivity contribution in [1.29, 1.82) is 0 Å². The van der Waals surface area contributed by atoms with Gasteiger partial charge in [0.25, 0.3) is 0 Å². The van der Waals surface area contributed by atoms with E-state index in [9.17, 15) is 13.2 Å². The molecule has 1 fully saturated rings. The topological polar surface area (TPSA) is 69.7 Å². The lowest BCUT2D eigenvalue weighted by Crippen LogP contribution is -2.39. The first kappa shape index (κ1) is 17.9. The van der Waals surface area contributed by atoms with Crippen molar-refractivity contribution in [3.05, 3.63) is 30.3 Å². The molecule has 1 aliphatic heterocycles. The number of benzene rings is 1. The van der Waals surface area contributed by atoms with Crippen molar-refractivity contribution in [2.24, 2.45) is 0 Å². The van der Waals surface area contributed by atoms with Gasteiger partial charge in [-0.3, -0.25) is 4.79 Å². The highest BCUT2D eigenvalue weighted by Crippen LogP contribution is 2.12. The number of likely N-dealkylation sites (tertiary alicyclic amines) is 1. The Balaban J connectivity index is 1.73. The molecule has 23 heavy (non-hydrogen) atoms. The van der Waals surface area contributed by atoms with E-state index in [1.165, 1.54) is 32.0 Å². The van der Waals surface area contributed by atoms with Gasteiger partial charge in [-0.1, -0.05) is 18.2 Å². The average molecular weight is 339 g/mol. The molecule has 1 aromatic carbocycles. The molecule has 1 heterocycles. The average Bonchev–Trinajstić information content (AvgIpc) is 3.05. The molecule has 0 unspecified atom stereocenters. The summed E-state index contributed by atoms with van der Waals surface area (Å²) in [6.45, 7) is 3.69. The van der Waals surface area contributed by atoms with Crippen LogP contribution >= 0.6 is 0 Å². The van der Waals surface area contributed by atoms with E-state index in [2.05, 4.69) is 10.2 Å². The molecule has 1 N–H and O–H groups in total. The molecule has 128 valence electrons. The van der Waals surface area contributed by atoms with Gasteiger partial charge in [0.15, 0.2) is 0 Å². The molecule has 0 atom stereocenters. The van der Waals surface area contributed by atoms with E-state index >= 15 is 0 Å². The van der Waals surface area contributed by atoms with Crippen LogP contribution in [0.25, 0.3) is 0 Å². The Labute approximate surface area is 138 Å². The molecule has 1 amide bonds. The lowest BCUT2D eigenvalue weighted by molar-refractivity contribution is -0.121. The van der Waals surface area contributed by atoms with Crippen LogP contribution < -0.4 is 5.32 Å². The highest BCUT2D eigenvalue weighted by molar-refractivity contribution is 7.89. The summed E-state index contributed by atoms with van der Waals surface area (Å²) in [4.78, 5) is 14.5. The highest BCUT2D eigenvalue weighted by Gasteiger charge is 2.22. The van der Waals surface area contributed by atoms with Crippen molar-refractivity contribution in [2.75, 3.05) is 39.8 Å². The number of nitrogens with zero attached hydrogens (tertiary/aromatic N) is 2. The highest BCUT2D eigenvalue weighted by atomic mass is 32.2. The third-order valence-corrected chi connectivity index (χ3v) is 5.81. The lowest BCUT2D eigenvalue weighted by Gasteiger charge is -2.17. The molecule has 0 radical (unpaired) electrons. The van der Waals surface area contributed by atoms with Gasteiger partial charge in [-0.15, -0.1) is 0 Å². The maximum atomic E-state index is 12.3. The molecule has 6 nitrogen and oxygen atoms in total. The van der Waals surface area contributed by atoms with Crippen LogP contribution in [0.4, 0.5) is 0 Å². The van der Waals surface area contributed by atoms with E-state index in [0.29, 0.717) is 6.54 Å². The predicted octanol–water partition coefficient (Wildman–Crippen LogP) is 0.909. The van der Waals surface area contributed by atoms with Crippen molar-refractivity contribution in [3.8, 4) is 0 Å². The number of carbonyl (C=O) groups is 1. The number of nitrogens with one attached hydrogen (secondary N) is 1. The first-order valence-corrected chi connectivity index (χ1v) is 9.44. The Bertz CT molecular complexity index is 598. The minimum Gasteiger partial charge on any atom is -0.355 e. The van der Waals surface area contributed by atoms with Gasteiger partial charge in [-0.25, -0.2) is 8.42 Å². The zero-order valence-electron chi connectivity index (χ0n) is 13.6. The van der Waals surface area contributed by atoms with Gasteiger partial charge in [0.2, 0.25) is 15.9 Å². The third kappa shape index (κ3) is 5.30. The van der Waals surface area contributed by atoms with Gasteiger partial charge in [-0.2, -0.15) is 4.31 Å². The van der Waals surface area contributed by atoms with Crippen molar-refractivity contribution < 1.29 is 13.2 Å². The number of likely N-dealkylation sites (N-methyl/N-ethyl adjacent to an activating group) is 1. The third-order valence-electron chi connectivity index (χ3n) is 3.99. The van der Waals surface area contributed by atoms with E-state index in [1.807, 2.05) is 0 Å². The van der Waals surface area contributed by atoms with Gasteiger partial charge in [0.05, 0.1) is 11.4 Å². The molecule has 0 aliphatic carbocycles. The standard InChI is InChI=1S/C16H25N3O3S/c1-18(23(21,22)15-8-3-2-4-9-15)14-16(20)17-10-7-13-19-11-5-6-12-19/h2-4,8-9H,5-7,10-14H2,1H3,(H,17,20). The molecule has 1 aromatic rings. The summed E-state index contributed by atoms with van der Waals surface area (Å²) >= 11 is 0. The van der Waals surface area contributed by atoms with E-state index in [4.69, 9.17) is 0 Å². The first-order valence-electron chi connectivity index (χ1n) is 8.00. The quantitative estimate of drug-likeness (QED) is 0.715. The van der Waals surface area contributed by atoms with Gasteiger partial charge in [-0.05, 0) is 51.0 Å². The number of carbonyl (C=O) groups excluding carboxylic acids is 1. The molecule has 0 bridgehead atoms. The van der Waals surface area contributed by atoms with Crippen LogP contribution in [0.3, 0.4) is 0 Å². The second-order valence-electron chi connectivity index (χ2n) is 5.83. The number of sulfonamides is 1. The summed E-state index contributed by atoms with van der Waals surface area (Å²) in [6.07, 6.45) is 3.41. The summed E-state index contributed by atoms with van der Waals surface area (Å²) < 4.78 is 25.7. The van der Waals surface area contributed by atoms with Gasteiger partial charge in [0.1, 0.15) is 0 Å². The van der Waals surface area contributed by atoms with Crippen LogP contribution in [0.1, 0.15) is 19.3 Å². The van der Waals surface area contributed by atoms with E-state index in [0.717, 1.165) is 30.4 Å². The van der Waals surface area contributed by atoms with Crippen molar-refractivity contribution in [3.63, 3.8) is 0 Å². The summed E-state index contributed by atoms with van der Waals surface area (Å²) in [5, 5.41) is 2.79. The van der Waals surface area contributed by atoms with E-state index < -0.39 is 10.0 Å². The SMILES string of the molecule is CN(CC(=O)NCCCN1CCCC1)S(=O)(=O)c1ccccc1. The Hall–Kier alpha value is -1.44. The number of rotatable bonds is 8. The molecule has 0 saturated carbocycles. The zero-order chi connectivity index (χ0) is 16.7. The van der Waals surface area contributed by atoms with Crippen LogP contribution in [0.5, 0.6) is 0 Å². The second-order valence-corrected chi connectivity index (χ2v) is 7.87. The second kappa shape index (κ2) is 8.42. The molecule has 0 aromatic heterocycles. The van der Waals surface area contributed by atoms with Crippen LogP contribution in [0, 0.1) is 0 Å². The van der Waals surface area contributed by atoms with Crippen LogP contribution in [-0.4, -0.2) is 63.3 Å². The maximum absolute atomic E-state index is 12.3. The van der Waals surface area contributed by atoms with Crippen molar-refractivity contribution in [1.82, 2.24) is 14.5 Å². The zero-order valence-corrected chi connectivity index (χ0v) is 14.4. The molecule has 2 rings (SSSR count). The number of hydrogen-bond donors (Lipinski definition) is 1. The summed E-state index contributed by atoms with van der Waals surface area (Å²) in [5.74, 6) is -0.270. The fourth-order valence-electron chi connectivity index (χ4n) is 2.65. The Kier molecular flexibility index (Phi) is 6.56. The number of hydrogen-bond acceptors (Lipinski definition) is 4. The Morgan fingerprint density at radius 2 is 1.87 bits per heavy atom. The largest absolute Gasteiger partial charge is 0.355 e. The molecule has 1 aliphatic rings. The van der Waals surface area contributed by atoms with Gasteiger partial charge in [0, 0.05) is 13.6 Å². The van der Waals surface area contributed by atoms with E-state index in [1.54, 1.807) is 18.2 Å². The minimum absolute atomic E-state index is 0.166. The smallest absolute Gasteiger partial charge is 0.243 e. The summed E-state index contributed by atoms with van der Waals surface area (Å²) in [6, 6.07) is 8.14. The fraction of sp³-hybridized carbons (Fsp3) is 0.562. The monoisotopic (exact) mass is 339 g/mol. The normalized spacial score (nSPS) is 15.9. The van der Waals surface area contributed by atoms with Crippen LogP contribution in [0.15, 0.2) is 35.2 Å².